The molecule has 0 aliphatic heterocycles. The summed E-state index contributed by atoms with van der Waals surface area (Å²) in [6, 6.07) is 9.51. The Hall–Kier alpha value is -2.36. The van der Waals surface area contributed by atoms with Crippen molar-refractivity contribution in [3.05, 3.63) is 63.9 Å². The molecular weight excluding hydrogens is 516 g/mol. The highest BCUT2D eigenvalue weighted by atomic mass is 35.5. The highest BCUT2D eigenvalue weighted by molar-refractivity contribution is 7.92. The Morgan fingerprint density at radius 2 is 1.74 bits per heavy atom. The lowest BCUT2D eigenvalue weighted by Crippen LogP contribution is -2.49. The molecule has 0 spiro atoms. The molecule has 192 valence electrons. The molecule has 2 aromatic carbocycles. The number of amides is 2. The molecule has 0 aliphatic rings. The first-order valence-corrected chi connectivity index (χ1v) is 13.8. The lowest BCUT2D eigenvalue weighted by atomic mass is 10.1. The molecule has 1 N–H and O–H groups in total. The highest BCUT2D eigenvalue weighted by Crippen LogP contribution is 2.31. The van der Waals surface area contributed by atoms with Gasteiger partial charge in [0.1, 0.15) is 11.9 Å². The van der Waals surface area contributed by atoms with Crippen molar-refractivity contribution < 1.29 is 22.4 Å². The molecule has 0 radical (unpaired) electrons. The minimum absolute atomic E-state index is 0.00697. The van der Waals surface area contributed by atoms with E-state index in [1.807, 2.05) is 0 Å². The Morgan fingerprint density at radius 3 is 2.31 bits per heavy atom. The van der Waals surface area contributed by atoms with Crippen molar-refractivity contribution in [1.82, 2.24) is 10.2 Å². The standard InChI is InChI=1S/C24H30Cl2FN3O4S/c1-4-21(24(32)28-5-2)29(16-17-8-11-19(27)12-9-17)23(31)7-6-14-30(35(3,33)34)22-15-18(25)10-13-20(22)26/h8-13,15,21H,4-7,14,16H2,1-3H3,(H,28,32). The van der Waals surface area contributed by atoms with Crippen molar-refractivity contribution in [2.45, 2.75) is 45.7 Å². The van der Waals surface area contributed by atoms with Crippen LogP contribution < -0.4 is 9.62 Å². The van der Waals surface area contributed by atoms with Gasteiger partial charge in [-0.25, -0.2) is 12.8 Å². The molecular formula is C24H30Cl2FN3O4S. The van der Waals surface area contributed by atoms with E-state index < -0.39 is 21.9 Å². The summed E-state index contributed by atoms with van der Waals surface area (Å²) in [5.74, 6) is -1.00. The minimum Gasteiger partial charge on any atom is -0.355 e. The average molecular weight is 546 g/mol. The van der Waals surface area contributed by atoms with E-state index in [1.165, 1.54) is 29.2 Å². The lowest BCUT2D eigenvalue weighted by Gasteiger charge is -2.31. The van der Waals surface area contributed by atoms with Crippen LogP contribution in [0.3, 0.4) is 0 Å². The quantitative estimate of drug-likeness (QED) is 0.421. The number of likely N-dealkylation sites (N-methyl/N-ethyl adjacent to an activating group) is 1. The van der Waals surface area contributed by atoms with E-state index in [-0.39, 0.29) is 48.5 Å². The van der Waals surface area contributed by atoms with Gasteiger partial charge in [0.05, 0.1) is 17.0 Å². The van der Waals surface area contributed by atoms with Gasteiger partial charge in [-0.15, -0.1) is 0 Å². The smallest absolute Gasteiger partial charge is 0.242 e. The van der Waals surface area contributed by atoms with Crippen LogP contribution in [0, 0.1) is 5.82 Å². The summed E-state index contributed by atoms with van der Waals surface area (Å²) >= 11 is 12.2. The Labute approximate surface area is 216 Å². The summed E-state index contributed by atoms with van der Waals surface area (Å²) in [6.07, 6.45) is 1.60. The van der Waals surface area contributed by atoms with Gasteiger partial charge in [-0.05, 0) is 55.7 Å². The molecule has 2 amide bonds. The summed E-state index contributed by atoms with van der Waals surface area (Å²) < 4.78 is 39.3. The number of hydrogen-bond acceptors (Lipinski definition) is 4. The first-order valence-electron chi connectivity index (χ1n) is 11.2. The summed E-state index contributed by atoms with van der Waals surface area (Å²) in [5, 5.41) is 3.29. The second kappa shape index (κ2) is 13.1. The van der Waals surface area contributed by atoms with Crippen LogP contribution in [0.1, 0.15) is 38.7 Å². The monoisotopic (exact) mass is 545 g/mol. The van der Waals surface area contributed by atoms with Crippen molar-refractivity contribution in [2.75, 3.05) is 23.7 Å². The largest absolute Gasteiger partial charge is 0.355 e. The maximum Gasteiger partial charge on any atom is 0.242 e. The van der Waals surface area contributed by atoms with E-state index >= 15 is 0 Å². The Bertz CT molecular complexity index is 1130. The zero-order valence-electron chi connectivity index (χ0n) is 19.9. The van der Waals surface area contributed by atoms with Gasteiger partial charge in [-0.1, -0.05) is 42.3 Å². The second-order valence-corrected chi connectivity index (χ2v) is 10.8. The van der Waals surface area contributed by atoms with Gasteiger partial charge < -0.3 is 10.2 Å². The number of benzene rings is 2. The second-order valence-electron chi connectivity index (χ2n) is 8.00. The summed E-state index contributed by atoms with van der Waals surface area (Å²) in [4.78, 5) is 27.4. The van der Waals surface area contributed by atoms with Crippen molar-refractivity contribution in [3.63, 3.8) is 0 Å². The third kappa shape index (κ3) is 8.37. The topological polar surface area (TPSA) is 86.8 Å². The predicted octanol–water partition coefficient (Wildman–Crippen LogP) is 4.62. The number of rotatable bonds is 12. The Morgan fingerprint density at radius 1 is 1.09 bits per heavy atom. The van der Waals surface area contributed by atoms with Crippen LogP contribution in [0.25, 0.3) is 0 Å². The number of halogens is 3. The summed E-state index contributed by atoms with van der Waals surface area (Å²) in [7, 11) is -3.70. The molecule has 0 aromatic heterocycles. The Balaban J connectivity index is 2.23. The molecule has 0 fully saturated rings. The van der Waals surface area contributed by atoms with Crippen LogP contribution in [0.15, 0.2) is 42.5 Å². The number of carbonyl (C=O) groups is 2. The molecule has 0 heterocycles. The van der Waals surface area contributed by atoms with Crippen LogP contribution in [-0.4, -0.2) is 50.5 Å². The van der Waals surface area contributed by atoms with Gasteiger partial charge in [-0.2, -0.15) is 0 Å². The van der Waals surface area contributed by atoms with Crippen molar-refractivity contribution in [2.24, 2.45) is 0 Å². The highest BCUT2D eigenvalue weighted by Gasteiger charge is 2.28. The zero-order chi connectivity index (χ0) is 26.2. The number of nitrogens with one attached hydrogen (secondary N) is 1. The predicted molar refractivity (Wildman–Crippen MR) is 138 cm³/mol. The Kier molecular flexibility index (Phi) is 10.8. The maximum atomic E-state index is 13.4. The molecule has 11 heteroatoms. The van der Waals surface area contributed by atoms with Gasteiger partial charge in [-0.3, -0.25) is 13.9 Å². The maximum absolute atomic E-state index is 13.4. The number of nitrogens with zero attached hydrogens (tertiary/aromatic N) is 2. The van der Waals surface area contributed by atoms with E-state index in [9.17, 15) is 22.4 Å². The van der Waals surface area contributed by atoms with E-state index in [4.69, 9.17) is 23.2 Å². The molecule has 1 atom stereocenters. The molecule has 0 saturated heterocycles. The molecule has 0 aliphatic carbocycles. The molecule has 7 nitrogen and oxygen atoms in total. The van der Waals surface area contributed by atoms with E-state index in [2.05, 4.69) is 5.32 Å². The molecule has 0 bridgehead atoms. The van der Waals surface area contributed by atoms with Gasteiger partial charge in [0.25, 0.3) is 0 Å². The van der Waals surface area contributed by atoms with Crippen LogP contribution in [0.5, 0.6) is 0 Å². The van der Waals surface area contributed by atoms with Gasteiger partial charge in [0.2, 0.25) is 21.8 Å². The summed E-state index contributed by atoms with van der Waals surface area (Å²) in [6.45, 7) is 4.12. The van der Waals surface area contributed by atoms with E-state index in [0.29, 0.717) is 23.6 Å². The van der Waals surface area contributed by atoms with Crippen molar-refractivity contribution in [1.29, 1.82) is 0 Å². The molecule has 0 saturated carbocycles. The molecule has 2 rings (SSSR count). The number of sulfonamides is 1. The molecule has 1 unspecified atom stereocenters. The van der Waals surface area contributed by atoms with Crippen molar-refractivity contribution >= 4 is 50.7 Å². The normalized spacial score (nSPS) is 12.2. The first-order chi connectivity index (χ1) is 16.5. The van der Waals surface area contributed by atoms with Crippen LogP contribution in [0.2, 0.25) is 10.0 Å². The van der Waals surface area contributed by atoms with E-state index in [1.54, 1.807) is 32.0 Å². The fourth-order valence-electron chi connectivity index (χ4n) is 3.66. The third-order valence-corrected chi connectivity index (χ3v) is 7.07. The zero-order valence-corrected chi connectivity index (χ0v) is 22.3. The van der Waals surface area contributed by atoms with Gasteiger partial charge in [0.15, 0.2) is 0 Å². The minimum atomic E-state index is -3.70. The van der Waals surface area contributed by atoms with Gasteiger partial charge in [0, 0.05) is 31.1 Å². The number of hydrogen-bond donors (Lipinski definition) is 1. The van der Waals surface area contributed by atoms with Gasteiger partial charge >= 0.3 is 0 Å². The van der Waals surface area contributed by atoms with E-state index in [0.717, 1.165) is 10.6 Å². The summed E-state index contributed by atoms with van der Waals surface area (Å²) in [5.41, 5.74) is 0.900. The molecule has 35 heavy (non-hydrogen) atoms. The van der Waals surface area contributed by atoms with Crippen LogP contribution in [0.4, 0.5) is 10.1 Å². The van der Waals surface area contributed by atoms with Crippen LogP contribution >= 0.6 is 23.2 Å². The SMILES string of the molecule is CCNC(=O)C(CC)N(Cc1ccc(F)cc1)C(=O)CCCN(c1cc(Cl)ccc1Cl)S(C)(=O)=O. The number of carbonyl (C=O) groups excluding carboxylic acids is 2. The molecule has 2 aromatic rings. The third-order valence-electron chi connectivity index (χ3n) is 5.33. The fraction of sp³-hybridized carbons (Fsp3) is 0.417. The first kappa shape index (κ1) is 28.9. The average Bonchev–Trinajstić information content (AvgIpc) is 2.79. The number of anilines is 1. The van der Waals surface area contributed by atoms with Crippen molar-refractivity contribution in [3.8, 4) is 0 Å². The van der Waals surface area contributed by atoms with Crippen LogP contribution in [-0.2, 0) is 26.2 Å². The fourth-order valence-corrected chi connectivity index (χ4v) is 5.06. The lowest BCUT2D eigenvalue weighted by molar-refractivity contribution is -0.141.